The topological polar surface area (TPSA) is 58.6 Å². The van der Waals surface area contributed by atoms with E-state index in [1.807, 2.05) is 48.5 Å². The highest BCUT2D eigenvalue weighted by atomic mass is 79.9. The van der Waals surface area contributed by atoms with Crippen molar-refractivity contribution in [1.82, 2.24) is 4.90 Å². The summed E-state index contributed by atoms with van der Waals surface area (Å²) in [5, 5.41) is 2.81. The molecule has 5 nitrogen and oxygen atoms in total. The van der Waals surface area contributed by atoms with E-state index in [0.717, 1.165) is 26.2 Å². The summed E-state index contributed by atoms with van der Waals surface area (Å²) >= 11 is 4.83. The Labute approximate surface area is 175 Å². The maximum Gasteiger partial charge on any atom is 0.264 e. The fourth-order valence-corrected chi connectivity index (χ4v) is 4.61. The number of amides is 2. The number of halogens is 1. The Hall–Kier alpha value is -2.64. The zero-order chi connectivity index (χ0) is 19.7. The number of carbonyl (C=O) groups is 2. The third-order valence-corrected chi connectivity index (χ3v) is 6.30. The van der Waals surface area contributed by atoms with E-state index in [9.17, 15) is 9.59 Å². The number of carbonyl (C=O) groups excluding carboxylic acids is 2. The predicted octanol–water partition coefficient (Wildman–Crippen LogP) is 4.78. The third-order valence-electron chi connectivity index (χ3n) is 4.41. The second-order valence-electron chi connectivity index (χ2n) is 6.44. The largest absolute Gasteiger partial charge is 0.488 e. The fourth-order valence-electron chi connectivity index (χ4n) is 3.03. The molecule has 0 atom stereocenters. The van der Waals surface area contributed by atoms with Crippen LogP contribution in [0.4, 0.5) is 5.69 Å². The molecule has 0 saturated heterocycles. The van der Waals surface area contributed by atoms with Crippen LogP contribution in [-0.4, -0.2) is 30.3 Å². The molecule has 0 bridgehead atoms. The van der Waals surface area contributed by atoms with Crippen LogP contribution in [0.1, 0.15) is 15.2 Å². The Balaban J connectivity index is 1.47. The van der Waals surface area contributed by atoms with Gasteiger partial charge in [-0.2, -0.15) is 0 Å². The summed E-state index contributed by atoms with van der Waals surface area (Å²) in [6.07, 6.45) is 0. The molecule has 0 unspecified atom stereocenters. The number of benzene rings is 2. The van der Waals surface area contributed by atoms with Crippen LogP contribution in [0.15, 0.2) is 59.1 Å². The molecule has 0 fully saturated rings. The van der Waals surface area contributed by atoms with Gasteiger partial charge >= 0.3 is 0 Å². The molecule has 0 saturated carbocycles. The van der Waals surface area contributed by atoms with Gasteiger partial charge in [0.15, 0.2) is 0 Å². The van der Waals surface area contributed by atoms with Crippen molar-refractivity contribution in [2.75, 3.05) is 18.9 Å². The highest BCUT2D eigenvalue weighted by molar-refractivity contribution is 9.10. The minimum absolute atomic E-state index is 0.0319. The van der Waals surface area contributed by atoms with E-state index >= 15 is 0 Å². The summed E-state index contributed by atoms with van der Waals surface area (Å²) in [5.41, 5.74) is 2.67. The van der Waals surface area contributed by atoms with Crippen LogP contribution in [-0.2, 0) is 11.4 Å². The molecule has 2 aromatic carbocycles. The van der Waals surface area contributed by atoms with E-state index in [-0.39, 0.29) is 18.4 Å². The van der Waals surface area contributed by atoms with Gasteiger partial charge in [-0.1, -0.05) is 24.3 Å². The van der Waals surface area contributed by atoms with Crippen LogP contribution < -0.4 is 10.1 Å². The van der Waals surface area contributed by atoms with Gasteiger partial charge in [0, 0.05) is 27.5 Å². The Morgan fingerprint density at radius 2 is 1.93 bits per heavy atom. The molecular weight excluding hydrogens is 440 g/mol. The summed E-state index contributed by atoms with van der Waals surface area (Å²) in [5.74, 6) is 0.397. The monoisotopic (exact) mass is 456 g/mol. The number of para-hydroxylation sites is 2. The molecule has 2 heterocycles. The molecule has 7 heteroatoms. The van der Waals surface area contributed by atoms with Crippen LogP contribution in [0.5, 0.6) is 5.75 Å². The standard InChI is InChI=1S/C21H17BrN2O3S/c1-24(11-19(25)23-16-8-4-3-7-15(16)22)21(26)18-10-13-12-27-17-9-5-2-6-14(17)20(13)28-18/h2-10H,11-12H2,1H3,(H,23,25). The lowest BCUT2D eigenvalue weighted by atomic mass is 10.1. The summed E-state index contributed by atoms with van der Waals surface area (Å²) in [4.78, 5) is 28.2. The minimum atomic E-state index is -0.252. The second kappa shape index (κ2) is 7.77. The molecule has 3 aromatic rings. The maximum absolute atomic E-state index is 12.8. The van der Waals surface area contributed by atoms with Gasteiger partial charge in [0.05, 0.1) is 17.1 Å². The number of fused-ring (bicyclic) bond motifs is 3. The van der Waals surface area contributed by atoms with E-state index in [2.05, 4.69) is 21.2 Å². The highest BCUT2D eigenvalue weighted by Gasteiger charge is 2.24. The summed E-state index contributed by atoms with van der Waals surface area (Å²) in [7, 11) is 1.63. The second-order valence-corrected chi connectivity index (χ2v) is 8.35. The third kappa shape index (κ3) is 3.68. The molecule has 1 N–H and O–H groups in total. The summed E-state index contributed by atoms with van der Waals surface area (Å²) in [6, 6.07) is 17.0. The van der Waals surface area contributed by atoms with Gasteiger partial charge in [-0.25, -0.2) is 0 Å². The Bertz CT molecular complexity index is 1060. The zero-order valence-corrected chi connectivity index (χ0v) is 17.5. The van der Waals surface area contributed by atoms with Gasteiger partial charge < -0.3 is 15.0 Å². The minimum Gasteiger partial charge on any atom is -0.488 e. The molecule has 0 radical (unpaired) electrons. The average Bonchev–Trinajstić information content (AvgIpc) is 3.14. The van der Waals surface area contributed by atoms with Crippen molar-refractivity contribution in [1.29, 1.82) is 0 Å². The van der Waals surface area contributed by atoms with Crippen molar-refractivity contribution in [3.05, 3.63) is 69.5 Å². The Morgan fingerprint density at radius 1 is 1.18 bits per heavy atom. The van der Waals surface area contributed by atoms with E-state index in [4.69, 9.17) is 4.74 Å². The summed E-state index contributed by atoms with van der Waals surface area (Å²) in [6.45, 7) is 0.415. The van der Waals surface area contributed by atoms with Gasteiger partial charge in [0.25, 0.3) is 5.91 Å². The van der Waals surface area contributed by atoms with Crippen molar-refractivity contribution in [3.63, 3.8) is 0 Å². The average molecular weight is 457 g/mol. The van der Waals surface area contributed by atoms with E-state index in [1.165, 1.54) is 16.2 Å². The first kappa shape index (κ1) is 18.7. The number of rotatable bonds is 4. The smallest absolute Gasteiger partial charge is 0.264 e. The van der Waals surface area contributed by atoms with Crippen LogP contribution in [0.25, 0.3) is 10.4 Å². The zero-order valence-electron chi connectivity index (χ0n) is 15.1. The molecule has 4 rings (SSSR count). The highest BCUT2D eigenvalue weighted by Crippen LogP contribution is 2.42. The van der Waals surface area contributed by atoms with Crippen LogP contribution in [0, 0.1) is 0 Å². The number of thiophene rings is 1. The number of nitrogens with zero attached hydrogens (tertiary/aromatic N) is 1. The number of hydrogen-bond acceptors (Lipinski definition) is 4. The Kier molecular flexibility index (Phi) is 5.19. The van der Waals surface area contributed by atoms with Crippen molar-refractivity contribution in [2.24, 2.45) is 0 Å². The number of likely N-dealkylation sites (N-methyl/N-ethyl adjacent to an activating group) is 1. The van der Waals surface area contributed by atoms with Crippen molar-refractivity contribution >= 4 is 44.8 Å². The van der Waals surface area contributed by atoms with Crippen LogP contribution >= 0.6 is 27.3 Å². The quantitative estimate of drug-likeness (QED) is 0.614. The molecule has 1 aliphatic heterocycles. The number of anilines is 1. The SMILES string of the molecule is CN(CC(=O)Nc1ccccc1Br)C(=O)c1cc2c(s1)-c1ccccc1OC2. The molecule has 28 heavy (non-hydrogen) atoms. The first-order chi connectivity index (χ1) is 13.5. The lowest BCUT2D eigenvalue weighted by Crippen LogP contribution is -2.34. The van der Waals surface area contributed by atoms with Gasteiger partial charge in [0.1, 0.15) is 12.4 Å². The van der Waals surface area contributed by atoms with E-state index in [1.54, 1.807) is 13.1 Å². The molecule has 0 aliphatic carbocycles. The van der Waals surface area contributed by atoms with Gasteiger partial charge in [-0.3, -0.25) is 9.59 Å². The van der Waals surface area contributed by atoms with Crippen molar-refractivity contribution in [3.8, 4) is 16.2 Å². The molecule has 1 aliphatic rings. The molecule has 0 spiro atoms. The molecule has 2 amide bonds. The van der Waals surface area contributed by atoms with Crippen molar-refractivity contribution < 1.29 is 14.3 Å². The number of ether oxygens (including phenoxy) is 1. The van der Waals surface area contributed by atoms with E-state index in [0.29, 0.717) is 17.2 Å². The fraction of sp³-hybridized carbons (Fsp3) is 0.143. The maximum atomic E-state index is 12.8. The van der Waals surface area contributed by atoms with Gasteiger partial charge in [0.2, 0.25) is 5.91 Å². The lowest BCUT2D eigenvalue weighted by Gasteiger charge is -2.16. The summed E-state index contributed by atoms with van der Waals surface area (Å²) < 4.78 is 6.55. The number of nitrogens with one attached hydrogen (secondary N) is 1. The first-order valence-electron chi connectivity index (χ1n) is 8.67. The molecule has 142 valence electrons. The lowest BCUT2D eigenvalue weighted by molar-refractivity contribution is -0.116. The van der Waals surface area contributed by atoms with E-state index < -0.39 is 0 Å². The number of hydrogen-bond donors (Lipinski definition) is 1. The Morgan fingerprint density at radius 3 is 2.75 bits per heavy atom. The predicted molar refractivity (Wildman–Crippen MR) is 114 cm³/mol. The van der Waals surface area contributed by atoms with Crippen LogP contribution in [0.3, 0.4) is 0 Å². The van der Waals surface area contributed by atoms with Crippen LogP contribution in [0.2, 0.25) is 0 Å². The molecule has 1 aromatic heterocycles. The van der Waals surface area contributed by atoms with Gasteiger partial charge in [-0.05, 0) is 46.3 Å². The van der Waals surface area contributed by atoms with Crippen molar-refractivity contribution in [2.45, 2.75) is 6.61 Å². The molecular formula is C21H17BrN2O3S. The first-order valence-corrected chi connectivity index (χ1v) is 10.3. The van der Waals surface area contributed by atoms with Gasteiger partial charge in [-0.15, -0.1) is 11.3 Å². The normalized spacial score (nSPS) is 11.8.